The third-order valence-corrected chi connectivity index (χ3v) is 2.79. The summed E-state index contributed by atoms with van der Waals surface area (Å²) in [6.45, 7) is 0.438. The van der Waals surface area contributed by atoms with Crippen molar-refractivity contribution in [2.45, 2.75) is 6.61 Å². The zero-order valence-electron chi connectivity index (χ0n) is 9.62. The van der Waals surface area contributed by atoms with Gasteiger partial charge in [0.05, 0.1) is 0 Å². The molecule has 0 saturated carbocycles. The number of nitrogens with two attached hydrogens (primary N) is 1. The molecule has 0 aliphatic rings. The van der Waals surface area contributed by atoms with E-state index in [4.69, 9.17) is 10.5 Å². The SMILES string of the molecule is CN(C)c1nc(N)nc(OCc2cccs2)n1. The lowest BCUT2D eigenvalue weighted by molar-refractivity contribution is 0.284. The molecule has 2 aromatic heterocycles. The number of anilines is 2. The van der Waals surface area contributed by atoms with E-state index in [-0.39, 0.29) is 12.0 Å². The Kier molecular flexibility index (Phi) is 3.38. The van der Waals surface area contributed by atoms with Gasteiger partial charge in [-0.25, -0.2) is 0 Å². The molecule has 17 heavy (non-hydrogen) atoms. The van der Waals surface area contributed by atoms with Gasteiger partial charge in [-0.05, 0) is 11.4 Å². The fourth-order valence-corrected chi connectivity index (χ4v) is 1.77. The Hall–Kier alpha value is -1.89. The van der Waals surface area contributed by atoms with Gasteiger partial charge in [-0.15, -0.1) is 11.3 Å². The average Bonchev–Trinajstić information content (AvgIpc) is 2.78. The number of hydrogen-bond donors (Lipinski definition) is 1. The van der Waals surface area contributed by atoms with Crippen molar-refractivity contribution < 1.29 is 4.74 Å². The molecule has 0 aliphatic carbocycles. The average molecular weight is 251 g/mol. The molecular formula is C10H13N5OS. The molecular weight excluding hydrogens is 238 g/mol. The van der Waals surface area contributed by atoms with Crippen molar-refractivity contribution in [1.29, 1.82) is 0 Å². The summed E-state index contributed by atoms with van der Waals surface area (Å²) < 4.78 is 5.46. The highest BCUT2D eigenvalue weighted by molar-refractivity contribution is 7.09. The number of aromatic nitrogens is 3. The quantitative estimate of drug-likeness (QED) is 0.878. The number of hydrogen-bond acceptors (Lipinski definition) is 7. The topological polar surface area (TPSA) is 77.2 Å². The minimum absolute atomic E-state index is 0.157. The number of nitrogen functional groups attached to an aromatic ring is 1. The predicted octanol–water partition coefficient (Wildman–Crippen LogP) is 1.16. The van der Waals surface area contributed by atoms with E-state index in [1.54, 1.807) is 16.2 Å². The number of nitrogens with zero attached hydrogens (tertiary/aromatic N) is 4. The van der Waals surface area contributed by atoms with E-state index in [1.165, 1.54) is 0 Å². The highest BCUT2D eigenvalue weighted by atomic mass is 32.1. The Morgan fingerprint density at radius 1 is 1.35 bits per heavy atom. The minimum atomic E-state index is 0.157. The molecule has 2 aromatic rings. The predicted molar refractivity (Wildman–Crippen MR) is 67.2 cm³/mol. The first-order valence-corrected chi connectivity index (χ1v) is 5.87. The van der Waals surface area contributed by atoms with E-state index in [1.807, 2.05) is 31.6 Å². The van der Waals surface area contributed by atoms with Crippen molar-refractivity contribution in [3.63, 3.8) is 0 Å². The van der Waals surface area contributed by atoms with Crippen LogP contribution in [0.4, 0.5) is 11.9 Å². The van der Waals surface area contributed by atoms with Gasteiger partial charge in [0.1, 0.15) is 6.61 Å². The first-order chi connectivity index (χ1) is 8.15. The fraction of sp³-hybridized carbons (Fsp3) is 0.300. The maximum Gasteiger partial charge on any atom is 0.323 e. The monoisotopic (exact) mass is 251 g/mol. The van der Waals surface area contributed by atoms with E-state index in [0.717, 1.165) is 4.88 Å². The van der Waals surface area contributed by atoms with Crippen LogP contribution in [0.3, 0.4) is 0 Å². The van der Waals surface area contributed by atoms with Gasteiger partial charge in [0.15, 0.2) is 0 Å². The summed E-state index contributed by atoms with van der Waals surface area (Å²) in [7, 11) is 3.66. The Labute approximate surface area is 103 Å². The van der Waals surface area contributed by atoms with Crippen LogP contribution >= 0.6 is 11.3 Å². The molecule has 0 unspecified atom stereocenters. The van der Waals surface area contributed by atoms with Crippen LogP contribution in [-0.4, -0.2) is 29.0 Å². The van der Waals surface area contributed by atoms with Crippen LogP contribution in [0, 0.1) is 0 Å². The van der Waals surface area contributed by atoms with Gasteiger partial charge in [-0.2, -0.15) is 15.0 Å². The first-order valence-electron chi connectivity index (χ1n) is 4.99. The molecule has 0 atom stereocenters. The van der Waals surface area contributed by atoms with Crippen molar-refractivity contribution in [1.82, 2.24) is 15.0 Å². The van der Waals surface area contributed by atoms with Crippen molar-refractivity contribution in [3.8, 4) is 6.01 Å². The summed E-state index contributed by atoms with van der Waals surface area (Å²) in [5, 5.41) is 1.99. The second-order valence-electron chi connectivity index (χ2n) is 3.54. The second-order valence-corrected chi connectivity index (χ2v) is 4.57. The van der Waals surface area contributed by atoms with Gasteiger partial charge >= 0.3 is 6.01 Å². The normalized spacial score (nSPS) is 10.2. The second kappa shape index (κ2) is 4.96. The van der Waals surface area contributed by atoms with E-state index in [2.05, 4.69) is 15.0 Å². The van der Waals surface area contributed by atoms with Crippen molar-refractivity contribution in [3.05, 3.63) is 22.4 Å². The largest absolute Gasteiger partial charge is 0.458 e. The summed E-state index contributed by atoms with van der Waals surface area (Å²) in [4.78, 5) is 14.9. The lowest BCUT2D eigenvalue weighted by Gasteiger charge is -2.11. The van der Waals surface area contributed by atoms with Gasteiger partial charge in [-0.3, -0.25) is 0 Å². The molecule has 0 amide bonds. The van der Waals surface area contributed by atoms with E-state index < -0.39 is 0 Å². The summed E-state index contributed by atoms with van der Waals surface area (Å²) >= 11 is 1.62. The first kappa shape index (κ1) is 11.6. The lowest BCUT2D eigenvalue weighted by atomic mass is 10.5. The number of rotatable bonds is 4. The van der Waals surface area contributed by atoms with Gasteiger partial charge < -0.3 is 15.4 Å². The van der Waals surface area contributed by atoms with Crippen molar-refractivity contribution >= 4 is 23.2 Å². The molecule has 2 rings (SSSR count). The summed E-state index contributed by atoms with van der Waals surface area (Å²) in [5.41, 5.74) is 5.58. The zero-order chi connectivity index (χ0) is 12.3. The molecule has 7 heteroatoms. The van der Waals surface area contributed by atoms with E-state index in [9.17, 15) is 0 Å². The van der Waals surface area contributed by atoms with Gasteiger partial charge in [-0.1, -0.05) is 6.07 Å². The molecule has 0 aliphatic heterocycles. The third-order valence-electron chi connectivity index (χ3n) is 1.94. The van der Waals surface area contributed by atoms with E-state index in [0.29, 0.717) is 12.6 Å². The maximum atomic E-state index is 5.58. The van der Waals surface area contributed by atoms with Gasteiger partial charge in [0, 0.05) is 19.0 Å². The van der Waals surface area contributed by atoms with Crippen LogP contribution in [0.25, 0.3) is 0 Å². The molecule has 0 fully saturated rings. The standard InChI is InChI=1S/C10H13N5OS/c1-15(2)9-12-8(11)13-10(14-9)16-6-7-4-3-5-17-7/h3-5H,6H2,1-2H3,(H2,11,12,13,14). The van der Waals surface area contributed by atoms with Crippen molar-refractivity contribution in [2.75, 3.05) is 24.7 Å². The Morgan fingerprint density at radius 2 is 2.18 bits per heavy atom. The lowest BCUT2D eigenvalue weighted by Crippen LogP contribution is -2.15. The molecule has 0 radical (unpaired) electrons. The van der Waals surface area contributed by atoms with E-state index >= 15 is 0 Å². The molecule has 6 nitrogen and oxygen atoms in total. The third kappa shape index (κ3) is 3.04. The number of ether oxygens (including phenoxy) is 1. The van der Waals surface area contributed by atoms with Crippen LogP contribution in [0.5, 0.6) is 6.01 Å². The van der Waals surface area contributed by atoms with Gasteiger partial charge in [0.2, 0.25) is 11.9 Å². The Morgan fingerprint density at radius 3 is 2.82 bits per heavy atom. The van der Waals surface area contributed by atoms with Crippen LogP contribution in [0.1, 0.15) is 4.88 Å². The maximum absolute atomic E-state index is 5.58. The molecule has 0 aromatic carbocycles. The zero-order valence-corrected chi connectivity index (χ0v) is 10.4. The Balaban J connectivity index is 2.10. The summed E-state index contributed by atoms with van der Waals surface area (Å²) in [6.07, 6.45) is 0. The summed E-state index contributed by atoms with van der Waals surface area (Å²) in [5.74, 6) is 0.642. The highest BCUT2D eigenvalue weighted by Gasteiger charge is 2.07. The smallest absolute Gasteiger partial charge is 0.323 e. The van der Waals surface area contributed by atoms with Crippen LogP contribution in [0.2, 0.25) is 0 Å². The Bertz CT molecular complexity index is 485. The molecule has 2 N–H and O–H groups in total. The van der Waals surface area contributed by atoms with Gasteiger partial charge in [0.25, 0.3) is 0 Å². The van der Waals surface area contributed by atoms with Crippen LogP contribution in [0.15, 0.2) is 17.5 Å². The van der Waals surface area contributed by atoms with Crippen LogP contribution < -0.4 is 15.4 Å². The van der Waals surface area contributed by atoms with Crippen molar-refractivity contribution in [2.24, 2.45) is 0 Å². The molecule has 0 saturated heterocycles. The van der Waals surface area contributed by atoms with Crippen LogP contribution in [-0.2, 0) is 6.61 Å². The molecule has 0 spiro atoms. The fourth-order valence-electron chi connectivity index (χ4n) is 1.16. The minimum Gasteiger partial charge on any atom is -0.458 e. The number of thiophene rings is 1. The molecule has 2 heterocycles. The molecule has 90 valence electrons. The summed E-state index contributed by atoms with van der Waals surface area (Å²) in [6, 6.07) is 4.20. The highest BCUT2D eigenvalue weighted by Crippen LogP contribution is 2.14. The molecule has 0 bridgehead atoms.